The van der Waals surface area contributed by atoms with E-state index in [1.807, 2.05) is 12.1 Å². The van der Waals surface area contributed by atoms with Gasteiger partial charge in [0.2, 0.25) is 5.91 Å². The van der Waals surface area contributed by atoms with E-state index in [1.165, 1.54) is 7.11 Å². The van der Waals surface area contributed by atoms with Crippen LogP contribution in [0.5, 0.6) is 5.75 Å². The van der Waals surface area contributed by atoms with Crippen molar-refractivity contribution in [2.75, 3.05) is 29.6 Å². The normalized spacial score (nSPS) is 9.97. The molecule has 0 aliphatic carbocycles. The van der Waals surface area contributed by atoms with E-state index >= 15 is 0 Å². The highest BCUT2D eigenvalue weighted by Gasteiger charge is 2.10. The minimum atomic E-state index is -0.292. The third kappa shape index (κ3) is 5.75. The fraction of sp³-hybridized carbons (Fsp3) is 0.0870. The lowest BCUT2D eigenvalue weighted by molar-refractivity contribution is -0.114. The maximum Gasteiger partial charge on any atom is 0.255 e. The van der Waals surface area contributed by atoms with Crippen LogP contribution in [-0.4, -0.2) is 25.5 Å². The van der Waals surface area contributed by atoms with Crippen molar-refractivity contribution < 1.29 is 14.3 Å². The number of benzene rings is 3. The van der Waals surface area contributed by atoms with Crippen molar-refractivity contribution in [2.45, 2.75) is 0 Å². The number of halogens is 1. The van der Waals surface area contributed by atoms with Gasteiger partial charge in [0.15, 0.2) is 0 Å². The highest BCUT2D eigenvalue weighted by molar-refractivity contribution is 6.31. The maximum atomic E-state index is 12.5. The summed E-state index contributed by atoms with van der Waals surface area (Å²) >= 11 is 5.90. The molecule has 31 heavy (non-hydrogen) atoms. The van der Waals surface area contributed by atoms with Gasteiger partial charge in [0, 0.05) is 16.9 Å². The number of hydrogen-bond donors (Lipinski definition) is 3. The first-order chi connectivity index (χ1) is 15.0. The molecule has 3 aromatic rings. The van der Waals surface area contributed by atoms with Gasteiger partial charge in [0.25, 0.3) is 5.91 Å². The summed E-state index contributed by atoms with van der Waals surface area (Å²) in [6.07, 6.45) is 0. The second kappa shape index (κ2) is 10.1. The number of carbonyl (C=O) groups excluding carboxylic acids is 2. The van der Waals surface area contributed by atoms with E-state index in [0.29, 0.717) is 39.0 Å². The average Bonchev–Trinajstić information content (AvgIpc) is 2.79. The van der Waals surface area contributed by atoms with Crippen LogP contribution in [0.2, 0.25) is 5.02 Å². The van der Waals surface area contributed by atoms with E-state index in [0.717, 1.165) is 0 Å². The van der Waals surface area contributed by atoms with Crippen LogP contribution in [0, 0.1) is 11.3 Å². The summed E-state index contributed by atoms with van der Waals surface area (Å²) in [6, 6.07) is 20.5. The van der Waals surface area contributed by atoms with Crippen LogP contribution >= 0.6 is 11.6 Å². The number of nitrogens with zero attached hydrogens (tertiary/aromatic N) is 1. The quantitative estimate of drug-likeness (QED) is 0.507. The summed E-state index contributed by atoms with van der Waals surface area (Å²) in [6.45, 7) is 0.00252. The number of methoxy groups -OCH3 is 1. The number of nitrogens with one attached hydrogen (secondary N) is 3. The van der Waals surface area contributed by atoms with Gasteiger partial charge in [-0.15, -0.1) is 0 Å². The van der Waals surface area contributed by atoms with E-state index in [2.05, 4.69) is 16.0 Å². The molecule has 3 rings (SSSR count). The van der Waals surface area contributed by atoms with Crippen molar-refractivity contribution in [3.8, 4) is 11.8 Å². The Morgan fingerprint density at radius 3 is 2.42 bits per heavy atom. The van der Waals surface area contributed by atoms with Crippen molar-refractivity contribution in [3.05, 3.63) is 82.9 Å². The second-order valence-electron chi connectivity index (χ2n) is 6.44. The van der Waals surface area contributed by atoms with Gasteiger partial charge in [-0.2, -0.15) is 5.26 Å². The van der Waals surface area contributed by atoms with Gasteiger partial charge in [0.05, 0.1) is 29.9 Å². The topological polar surface area (TPSA) is 103 Å². The SMILES string of the molecule is COc1ccccc1NC(=O)c1ccc(NC(=O)CNc2ccc(Cl)c(C#N)c2)cc1. The molecule has 0 spiro atoms. The number of nitriles is 1. The minimum absolute atomic E-state index is 0.00252. The zero-order chi connectivity index (χ0) is 22.2. The van der Waals surface area contributed by atoms with E-state index in [-0.39, 0.29) is 18.4 Å². The smallest absolute Gasteiger partial charge is 0.255 e. The summed E-state index contributed by atoms with van der Waals surface area (Å²) in [7, 11) is 1.53. The number of rotatable bonds is 7. The molecule has 0 aliphatic heterocycles. The van der Waals surface area contributed by atoms with Gasteiger partial charge < -0.3 is 20.7 Å². The van der Waals surface area contributed by atoms with Gasteiger partial charge in [-0.3, -0.25) is 9.59 Å². The van der Waals surface area contributed by atoms with Crippen molar-refractivity contribution >= 4 is 40.5 Å². The van der Waals surface area contributed by atoms with Crippen molar-refractivity contribution in [3.63, 3.8) is 0 Å². The lowest BCUT2D eigenvalue weighted by atomic mass is 10.2. The summed E-state index contributed by atoms with van der Waals surface area (Å²) in [5.74, 6) is -0.00503. The number of ether oxygens (including phenoxy) is 1. The van der Waals surface area contributed by atoms with Crippen LogP contribution in [0.1, 0.15) is 15.9 Å². The minimum Gasteiger partial charge on any atom is -0.495 e. The van der Waals surface area contributed by atoms with E-state index < -0.39 is 0 Å². The molecule has 0 radical (unpaired) electrons. The zero-order valence-electron chi connectivity index (χ0n) is 16.6. The zero-order valence-corrected chi connectivity index (χ0v) is 17.4. The Labute approximate surface area is 184 Å². The third-order valence-corrected chi connectivity index (χ3v) is 4.66. The van der Waals surface area contributed by atoms with Crippen LogP contribution in [0.15, 0.2) is 66.7 Å². The van der Waals surface area contributed by atoms with E-state index in [9.17, 15) is 9.59 Å². The van der Waals surface area contributed by atoms with Crippen LogP contribution in [0.4, 0.5) is 17.1 Å². The molecular weight excluding hydrogens is 416 g/mol. The Morgan fingerprint density at radius 2 is 1.71 bits per heavy atom. The molecule has 8 heteroatoms. The molecule has 3 N–H and O–H groups in total. The number of anilines is 3. The number of para-hydroxylation sites is 2. The number of amides is 2. The highest BCUT2D eigenvalue weighted by Crippen LogP contribution is 2.24. The predicted octanol–water partition coefficient (Wildman–Crippen LogP) is 4.52. The molecule has 0 atom stereocenters. The molecular formula is C23H19ClN4O3. The molecule has 0 saturated heterocycles. The molecule has 0 saturated carbocycles. The Bertz CT molecular complexity index is 1140. The standard InChI is InChI=1S/C23H19ClN4O3/c1-31-21-5-3-2-4-20(21)28-23(30)15-6-8-17(9-7-15)27-22(29)14-26-18-10-11-19(24)16(12-18)13-25/h2-12,26H,14H2,1H3,(H,27,29)(H,28,30). The Balaban J connectivity index is 1.55. The summed E-state index contributed by atoms with van der Waals surface area (Å²) in [4.78, 5) is 24.6. The van der Waals surface area contributed by atoms with Crippen molar-refractivity contribution in [2.24, 2.45) is 0 Å². The molecule has 2 amide bonds. The van der Waals surface area contributed by atoms with E-state index in [1.54, 1.807) is 60.7 Å². The molecule has 0 fully saturated rings. The lowest BCUT2D eigenvalue weighted by Gasteiger charge is -2.11. The largest absolute Gasteiger partial charge is 0.495 e. The Hall–Kier alpha value is -4.02. The van der Waals surface area contributed by atoms with E-state index in [4.69, 9.17) is 21.6 Å². The molecule has 0 aromatic heterocycles. The second-order valence-corrected chi connectivity index (χ2v) is 6.85. The van der Waals surface area contributed by atoms with Gasteiger partial charge in [-0.25, -0.2) is 0 Å². The molecule has 0 aliphatic rings. The van der Waals surface area contributed by atoms with Gasteiger partial charge >= 0.3 is 0 Å². The van der Waals surface area contributed by atoms with Crippen LogP contribution in [0.3, 0.4) is 0 Å². The summed E-state index contributed by atoms with van der Waals surface area (Å²) in [5.41, 5.74) is 2.50. The number of carbonyl (C=O) groups is 2. The fourth-order valence-corrected chi connectivity index (χ4v) is 2.92. The third-order valence-electron chi connectivity index (χ3n) is 4.33. The highest BCUT2D eigenvalue weighted by atomic mass is 35.5. The maximum absolute atomic E-state index is 12.5. The molecule has 3 aromatic carbocycles. The lowest BCUT2D eigenvalue weighted by Crippen LogP contribution is -2.21. The monoisotopic (exact) mass is 434 g/mol. The van der Waals surface area contributed by atoms with Crippen molar-refractivity contribution in [1.29, 1.82) is 5.26 Å². The molecule has 7 nitrogen and oxygen atoms in total. The molecule has 0 heterocycles. The van der Waals surface area contributed by atoms with Gasteiger partial charge in [-0.1, -0.05) is 23.7 Å². The first kappa shape index (κ1) is 21.7. The van der Waals surface area contributed by atoms with Crippen LogP contribution in [0.25, 0.3) is 0 Å². The Morgan fingerprint density at radius 1 is 1.00 bits per heavy atom. The summed E-state index contributed by atoms with van der Waals surface area (Å²) in [5, 5.41) is 17.8. The average molecular weight is 435 g/mol. The van der Waals surface area contributed by atoms with Crippen molar-refractivity contribution in [1.82, 2.24) is 0 Å². The predicted molar refractivity (Wildman–Crippen MR) is 121 cm³/mol. The van der Waals surface area contributed by atoms with Gasteiger partial charge in [0.1, 0.15) is 11.8 Å². The van der Waals surface area contributed by atoms with Gasteiger partial charge in [-0.05, 0) is 54.6 Å². The first-order valence-corrected chi connectivity index (χ1v) is 9.66. The van der Waals surface area contributed by atoms with Crippen LogP contribution < -0.4 is 20.7 Å². The molecule has 156 valence electrons. The number of hydrogen-bond acceptors (Lipinski definition) is 5. The fourth-order valence-electron chi connectivity index (χ4n) is 2.76. The first-order valence-electron chi connectivity index (χ1n) is 9.28. The van der Waals surface area contributed by atoms with Crippen LogP contribution in [-0.2, 0) is 4.79 Å². The Kier molecular flexibility index (Phi) is 7.09. The summed E-state index contributed by atoms with van der Waals surface area (Å²) < 4.78 is 5.23. The molecule has 0 bridgehead atoms. The molecule has 0 unspecified atom stereocenters.